The Morgan fingerprint density at radius 2 is 1.97 bits per heavy atom. The number of aromatic nitrogens is 3. The van der Waals surface area contributed by atoms with Crippen molar-refractivity contribution in [1.29, 1.82) is 0 Å². The molecule has 1 saturated heterocycles. The number of halogens is 1. The van der Waals surface area contributed by atoms with Gasteiger partial charge in [-0.2, -0.15) is 4.39 Å². The summed E-state index contributed by atoms with van der Waals surface area (Å²) in [5, 5.41) is 2.46. The summed E-state index contributed by atoms with van der Waals surface area (Å²) in [6, 6.07) is 3.47. The van der Waals surface area contributed by atoms with E-state index in [2.05, 4.69) is 31.2 Å². The van der Waals surface area contributed by atoms with E-state index in [-0.39, 0.29) is 11.3 Å². The van der Waals surface area contributed by atoms with Crippen LogP contribution in [0.15, 0.2) is 29.2 Å². The Balaban J connectivity index is 1.22. The zero-order valence-electron chi connectivity index (χ0n) is 18.1. The van der Waals surface area contributed by atoms with Crippen LogP contribution in [0, 0.1) is 5.95 Å². The first-order chi connectivity index (χ1) is 15.5. The third-order valence-corrected chi connectivity index (χ3v) is 6.66. The molecular formula is C23H27FN6O2. The van der Waals surface area contributed by atoms with E-state index < -0.39 is 11.9 Å². The number of nitrogens with zero attached hydrogens (tertiary/aromatic N) is 4. The summed E-state index contributed by atoms with van der Waals surface area (Å²) in [6.07, 6.45) is 8.00. The highest BCUT2D eigenvalue weighted by Crippen LogP contribution is 2.38. The van der Waals surface area contributed by atoms with Crippen LogP contribution in [0.1, 0.15) is 53.5 Å². The molecule has 2 aromatic heterocycles. The van der Waals surface area contributed by atoms with E-state index in [0.29, 0.717) is 36.6 Å². The van der Waals surface area contributed by atoms with Gasteiger partial charge in [-0.05, 0) is 49.3 Å². The SMILES string of the molecule is CNC(=O)c1ccc(N2CCN(C3C=C(c4ncc(C5CC5)c(=O)[nH]4)CC3)CC2)c(F)n1. The molecule has 1 saturated carbocycles. The largest absolute Gasteiger partial charge is 0.365 e. The lowest BCUT2D eigenvalue weighted by atomic mass is 10.2. The topological polar surface area (TPSA) is 94.2 Å². The van der Waals surface area contributed by atoms with E-state index in [1.54, 1.807) is 18.3 Å². The molecule has 3 aliphatic rings. The first-order valence-corrected chi connectivity index (χ1v) is 11.2. The maximum Gasteiger partial charge on any atom is 0.269 e. The molecule has 8 nitrogen and oxygen atoms in total. The van der Waals surface area contributed by atoms with Gasteiger partial charge in [-0.1, -0.05) is 6.08 Å². The Morgan fingerprint density at radius 1 is 1.19 bits per heavy atom. The molecule has 0 bridgehead atoms. The van der Waals surface area contributed by atoms with E-state index in [0.717, 1.165) is 49.9 Å². The van der Waals surface area contributed by atoms with Gasteiger partial charge in [-0.3, -0.25) is 14.5 Å². The van der Waals surface area contributed by atoms with Crippen LogP contribution in [0.3, 0.4) is 0 Å². The quantitative estimate of drug-likeness (QED) is 0.693. The van der Waals surface area contributed by atoms with Crippen LogP contribution in [0.25, 0.3) is 5.57 Å². The summed E-state index contributed by atoms with van der Waals surface area (Å²) < 4.78 is 14.5. The third kappa shape index (κ3) is 4.04. The van der Waals surface area contributed by atoms with Gasteiger partial charge < -0.3 is 15.2 Å². The predicted octanol–water partition coefficient (Wildman–Crippen LogP) is 1.91. The van der Waals surface area contributed by atoms with Gasteiger partial charge >= 0.3 is 0 Å². The second kappa shape index (κ2) is 8.46. The lowest BCUT2D eigenvalue weighted by molar-refractivity contribution is 0.0957. The minimum Gasteiger partial charge on any atom is -0.365 e. The number of anilines is 1. The van der Waals surface area contributed by atoms with Crippen LogP contribution in [-0.4, -0.2) is 65.0 Å². The third-order valence-electron chi connectivity index (χ3n) is 6.66. The second-order valence-corrected chi connectivity index (χ2v) is 8.70. The van der Waals surface area contributed by atoms with Crippen molar-refractivity contribution in [1.82, 2.24) is 25.2 Å². The van der Waals surface area contributed by atoms with Crippen LogP contribution < -0.4 is 15.8 Å². The standard InChI is InChI=1S/C23H27FN6O2/c1-25-23(32)18-6-7-19(20(24)27-18)30-10-8-29(9-11-30)16-5-4-15(12-16)21-26-13-17(14-2-3-14)22(31)28-21/h6-7,12-14,16H,2-5,8-11H2,1H3,(H,25,32)(H,26,28,31). The lowest BCUT2D eigenvalue weighted by Crippen LogP contribution is -2.49. The Hall–Kier alpha value is -3.07. The number of hydrogen-bond acceptors (Lipinski definition) is 6. The number of amides is 1. The van der Waals surface area contributed by atoms with Crippen LogP contribution in [0.4, 0.5) is 10.1 Å². The highest BCUT2D eigenvalue weighted by atomic mass is 19.1. The van der Waals surface area contributed by atoms with Gasteiger partial charge in [0.25, 0.3) is 11.5 Å². The summed E-state index contributed by atoms with van der Waals surface area (Å²) in [7, 11) is 1.49. The number of nitrogens with one attached hydrogen (secondary N) is 2. The maximum atomic E-state index is 14.5. The Kier molecular flexibility index (Phi) is 5.50. The van der Waals surface area contributed by atoms with E-state index >= 15 is 0 Å². The number of pyridine rings is 1. The first kappa shape index (κ1) is 20.8. The number of aromatic amines is 1. The number of carbonyl (C=O) groups excluding carboxylic acids is 1. The van der Waals surface area contributed by atoms with Crippen molar-refractivity contribution in [2.75, 3.05) is 38.1 Å². The highest BCUT2D eigenvalue weighted by molar-refractivity contribution is 5.92. The van der Waals surface area contributed by atoms with Crippen LogP contribution in [-0.2, 0) is 0 Å². The molecule has 9 heteroatoms. The van der Waals surface area contributed by atoms with Gasteiger partial charge in [0, 0.05) is 51.0 Å². The van der Waals surface area contributed by atoms with Gasteiger partial charge in [0.1, 0.15) is 11.5 Å². The van der Waals surface area contributed by atoms with Crippen LogP contribution in [0.2, 0.25) is 0 Å². The second-order valence-electron chi connectivity index (χ2n) is 8.70. The van der Waals surface area contributed by atoms with Gasteiger partial charge in [0.2, 0.25) is 5.95 Å². The number of H-pyrrole nitrogens is 1. The summed E-state index contributed by atoms with van der Waals surface area (Å²) in [5.41, 5.74) is 2.40. The fourth-order valence-corrected chi connectivity index (χ4v) is 4.65. The Morgan fingerprint density at radius 3 is 2.62 bits per heavy atom. The molecule has 0 aromatic carbocycles. The average Bonchev–Trinajstić information content (AvgIpc) is 3.53. The van der Waals surface area contributed by atoms with Crippen molar-refractivity contribution in [2.45, 2.75) is 37.6 Å². The van der Waals surface area contributed by atoms with Crippen molar-refractivity contribution in [2.24, 2.45) is 0 Å². The fourth-order valence-electron chi connectivity index (χ4n) is 4.65. The van der Waals surface area contributed by atoms with Crippen molar-refractivity contribution >= 4 is 17.2 Å². The number of hydrogen-bond donors (Lipinski definition) is 2. The fraction of sp³-hybridized carbons (Fsp3) is 0.478. The van der Waals surface area contributed by atoms with Crippen molar-refractivity contribution in [3.05, 3.63) is 57.8 Å². The van der Waals surface area contributed by atoms with Crippen LogP contribution in [0.5, 0.6) is 0 Å². The normalized spacial score (nSPS) is 21.5. The zero-order valence-corrected chi connectivity index (χ0v) is 18.1. The number of piperazine rings is 1. The minimum absolute atomic E-state index is 0.00598. The zero-order chi connectivity index (χ0) is 22.2. The molecule has 2 fully saturated rings. The van der Waals surface area contributed by atoms with Crippen molar-refractivity contribution in [3.63, 3.8) is 0 Å². The molecular weight excluding hydrogens is 411 g/mol. The minimum atomic E-state index is -0.618. The van der Waals surface area contributed by atoms with Gasteiger partial charge in [-0.25, -0.2) is 9.97 Å². The van der Waals surface area contributed by atoms with E-state index in [1.807, 2.05) is 4.90 Å². The molecule has 2 aliphatic carbocycles. The molecule has 168 valence electrons. The monoisotopic (exact) mass is 438 g/mol. The summed E-state index contributed by atoms with van der Waals surface area (Å²) in [5.74, 6) is 0.0567. The maximum absolute atomic E-state index is 14.5. The molecule has 5 rings (SSSR count). The predicted molar refractivity (Wildman–Crippen MR) is 119 cm³/mol. The molecule has 32 heavy (non-hydrogen) atoms. The number of rotatable bonds is 5. The summed E-state index contributed by atoms with van der Waals surface area (Å²) >= 11 is 0. The molecule has 2 N–H and O–H groups in total. The van der Waals surface area contributed by atoms with E-state index in [9.17, 15) is 14.0 Å². The molecule has 0 spiro atoms. The molecule has 2 aromatic rings. The molecule has 0 radical (unpaired) electrons. The number of allylic oxidation sites excluding steroid dienone is 1. The van der Waals surface area contributed by atoms with Gasteiger partial charge in [-0.15, -0.1) is 0 Å². The molecule has 3 heterocycles. The number of carbonyl (C=O) groups is 1. The van der Waals surface area contributed by atoms with Crippen molar-refractivity contribution < 1.29 is 9.18 Å². The van der Waals surface area contributed by atoms with Gasteiger partial charge in [0.15, 0.2) is 0 Å². The lowest BCUT2D eigenvalue weighted by Gasteiger charge is -2.38. The average molecular weight is 439 g/mol. The molecule has 1 unspecified atom stereocenters. The first-order valence-electron chi connectivity index (χ1n) is 11.2. The highest BCUT2D eigenvalue weighted by Gasteiger charge is 2.30. The summed E-state index contributed by atoms with van der Waals surface area (Å²) in [4.78, 5) is 39.7. The Bertz CT molecular complexity index is 1120. The van der Waals surface area contributed by atoms with E-state index in [1.165, 1.54) is 7.05 Å². The van der Waals surface area contributed by atoms with E-state index in [4.69, 9.17) is 0 Å². The molecule has 1 amide bonds. The Labute approximate surface area is 185 Å². The molecule has 1 aliphatic heterocycles. The summed E-state index contributed by atoms with van der Waals surface area (Å²) in [6.45, 7) is 2.97. The van der Waals surface area contributed by atoms with Crippen molar-refractivity contribution in [3.8, 4) is 0 Å². The van der Waals surface area contributed by atoms with Gasteiger partial charge in [0.05, 0.1) is 5.69 Å². The smallest absolute Gasteiger partial charge is 0.269 e. The van der Waals surface area contributed by atoms with Crippen LogP contribution >= 0.6 is 0 Å². The molecule has 1 atom stereocenters.